The fourth-order valence-corrected chi connectivity index (χ4v) is 2.71. The van der Waals surface area contributed by atoms with Gasteiger partial charge in [0.05, 0.1) is 14.2 Å². The SMILES string of the molecule is COc1ccc(CCN2CCNCC2)c(OC)c1Cl. The first-order valence-corrected chi connectivity index (χ1v) is 6.96. The molecule has 1 N–H and O–H groups in total. The van der Waals surface area contributed by atoms with Crippen LogP contribution in [-0.2, 0) is 6.42 Å². The summed E-state index contributed by atoms with van der Waals surface area (Å²) in [4.78, 5) is 2.45. The molecule has 1 aliphatic heterocycles. The highest BCUT2D eigenvalue weighted by molar-refractivity contribution is 6.33. The van der Waals surface area contributed by atoms with Crippen molar-refractivity contribution in [1.29, 1.82) is 0 Å². The average Bonchev–Trinajstić information content (AvgIpc) is 2.46. The van der Waals surface area contributed by atoms with Crippen LogP contribution in [0.1, 0.15) is 5.56 Å². The van der Waals surface area contributed by atoms with Crippen molar-refractivity contribution in [2.75, 3.05) is 46.9 Å². The molecular formula is C14H21ClN2O2. The molecule has 0 aliphatic carbocycles. The van der Waals surface area contributed by atoms with Crippen molar-refractivity contribution < 1.29 is 9.47 Å². The van der Waals surface area contributed by atoms with E-state index in [0.29, 0.717) is 10.8 Å². The van der Waals surface area contributed by atoms with Gasteiger partial charge in [0.15, 0.2) is 0 Å². The first-order chi connectivity index (χ1) is 9.26. The number of hydrogen-bond donors (Lipinski definition) is 1. The Morgan fingerprint density at radius 2 is 1.95 bits per heavy atom. The van der Waals surface area contributed by atoms with Gasteiger partial charge in [-0.1, -0.05) is 17.7 Å². The van der Waals surface area contributed by atoms with E-state index in [-0.39, 0.29) is 0 Å². The van der Waals surface area contributed by atoms with Crippen molar-refractivity contribution in [2.24, 2.45) is 0 Å². The number of rotatable bonds is 5. The largest absolute Gasteiger partial charge is 0.495 e. The lowest BCUT2D eigenvalue weighted by atomic mass is 10.1. The summed E-state index contributed by atoms with van der Waals surface area (Å²) in [7, 11) is 3.26. The van der Waals surface area contributed by atoms with Gasteiger partial charge in [0, 0.05) is 32.7 Å². The van der Waals surface area contributed by atoms with E-state index in [9.17, 15) is 0 Å². The Morgan fingerprint density at radius 3 is 2.58 bits per heavy atom. The van der Waals surface area contributed by atoms with Gasteiger partial charge >= 0.3 is 0 Å². The molecule has 1 saturated heterocycles. The van der Waals surface area contributed by atoms with Gasteiger partial charge in [-0.3, -0.25) is 0 Å². The van der Waals surface area contributed by atoms with E-state index in [1.165, 1.54) is 0 Å². The summed E-state index contributed by atoms with van der Waals surface area (Å²) in [5.41, 5.74) is 1.13. The van der Waals surface area contributed by atoms with Gasteiger partial charge < -0.3 is 19.7 Å². The number of halogens is 1. The molecule has 4 nitrogen and oxygen atoms in total. The molecule has 1 aromatic rings. The Morgan fingerprint density at radius 1 is 1.21 bits per heavy atom. The van der Waals surface area contributed by atoms with Gasteiger partial charge in [0.25, 0.3) is 0 Å². The number of nitrogens with one attached hydrogen (secondary N) is 1. The first-order valence-electron chi connectivity index (χ1n) is 6.58. The molecule has 0 radical (unpaired) electrons. The molecule has 19 heavy (non-hydrogen) atoms. The van der Waals surface area contributed by atoms with E-state index in [0.717, 1.165) is 50.5 Å². The summed E-state index contributed by atoms with van der Waals surface area (Å²) in [6.07, 6.45) is 0.937. The molecule has 1 heterocycles. The normalized spacial score (nSPS) is 16.4. The van der Waals surface area contributed by atoms with Gasteiger partial charge in [-0.2, -0.15) is 0 Å². The fraction of sp³-hybridized carbons (Fsp3) is 0.571. The lowest BCUT2D eigenvalue weighted by Gasteiger charge is -2.27. The second-order valence-corrected chi connectivity index (χ2v) is 4.99. The van der Waals surface area contributed by atoms with Crippen LogP contribution in [0, 0.1) is 0 Å². The van der Waals surface area contributed by atoms with Crippen LogP contribution in [0.2, 0.25) is 5.02 Å². The number of nitrogens with zero attached hydrogens (tertiary/aromatic N) is 1. The fourth-order valence-electron chi connectivity index (χ4n) is 2.37. The molecule has 0 amide bonds. The number of piperazine rings is 1. The Bertz CT molecular complexity index is 420. The van der Waals surface area contributed by atoms with Crippen molar-refractivity contribution >= 4 is 11.6 Å². The van der Waals surface area contributed by atoms with Gasteiger partial charge in [0.1, 0.15) is 16.5 Å². The maximum absolute atomic E-state index is 6.26. The molecule has 1 aromatic carbocycles. The van der Waals surface area contributed by atoms with Crippen LogP contribution in [0.25, 0.3) is 0 Å². The highest BCUT2D eigenvalue weighted by Crippen LogP contribution is 2.37. The van der Waals surface area contributed by atoms with Crippen LogP contribution in [-0.4, -0.2) is 51.8 Å². The maximum atomic E-state index is 6.26. The lowest BCUT2D eigenvalue weighted by Crippen LogP contribution is -2.44. The Kier molecular flexibility index (Phi) is 5.31. The first kappa shape index (κ1) is 14.4. The van der Waals surface area contributed by atoms with Crippen LogP contribution >= 0.6 is 11.6 Å². The van der Waals surface area contributed by atoms with E-state index >= 15 is 0 Å². The number of hydrogen-bond acceptors (Lipinski definition) is 4. The maximum Gasteiger partial charge on any atom is 0.144 e. The van der Waals surface area contributed by atoms with E-state index in [4.69, 9.17) is 21.1 Å². The summed E-state index contributed by atoms with van der Waals surface area (Å²) >= 11 is 6.26. The van der Waals surface area contributed by atoms with E-state index in [1.807, 2.05) is 12.1 Å². The minimum Gasteiger partial charge on any atom is -0.495 e. The minimum atomic E-state index is 0.558. The topological polar surface area (TPSA) is 33.7 Å². The molecule has 0 unspecified atom stereocenters. The molecule has 2 rings (SSSR count). The van der Waals surface area contributed by atoms with E-state index in [2.05, 4.69) is 10.2 Å². The van der Waals surface area contributed by atoms with Gasteiger partial charge in [-0.05, 0) is 18.1 Å². The number of methoxy groups -OCH3 is 2. The molecule has 5 heteroatoms. The highest BCUT2D eigenvalue weighted by Gasteiger charge is 2.15. The smallest absolute Gasteiger partial charge is 0.144 e. The molecule has 1 aliphatic rings. The van der Waals surface area contributed by atoms with Crippen molar-refractivity contribution in [1.82, 2.24) is 10.2 Å². The van der Waals surface area contributed by atoms with Gasteiger partial charge in [-0.15, -0.1) is 0 Å². The lowest BCUT2D eigenvalue weighted by molar-refractivity contribution is 0.243. The monoisotopic (exact) mass is 284 g/mol. The quantitative estimate of drug-likeness (QED) is 0.894. The Hall–Kier alpha value is -0.970. The summed E-state index contributed by atoms with van der Waals surface area (Å²) < 4.78 is 10.6. The van der Waals surface area contributed by atoms with Crippen molar-refractivity contribution in [3.8, 4) is 11.5 Å². The molecule has 106 valence electrons. The zero-order valence-corrected chi connectivity index (χ0v) is 12.3. The van der Waals surface area contributed by atoms with Crippen LogP contribution in [0.5, 0.6) is 11.5 Å². The number of benzene rings is 1. The number of ether oxygens (including phenoxy) is 2. The second-order valence-electron chi connectivity index (χ2n) is 4.62. The third kappa shape index (κ3) is 3.53. The average molecular weight is 285 g/mol. The predicted molar refractivity (Wildman–Crippen MR) is 77.6 cm³/mol. The molecule has 0 saturated carbocycles. The second kappa shape index (κ2) is 6.98. The van der Waals surface area contributed by atoms with Crippen LogP contribution in [0.4, 0.5) is 0 Å². The minimum absolute atomic E-state index is 0.558. The Labute approximate surface area is 119 Å². The van der Waals surface area contributed by atoms with Gasteiger partial charge in [-0.25, -0.2) is 0 Å². The van der Waals surface area contributed by atoms with Crippen molar-refractivity contribution in [2.45, 2.75) is 6.42 Å². The molecule has 0 aromatic heterocycles. The summed E-state index contributed by atoms with van der Waals surface area (Å²) in [6.45, 7) is 5.38. The molecule has 0 bridgehead atoms. The third-order valence-corrected chi connectivity index (χ3v) is 3.83. The standard InChI is InChI=1S/C14H21ClN2O2/c1-18-12-4-3-11(14(19-2)13(12)15)5-8-17-9-6-16-7-10-17/h3-4,16H,5-10H2,1-2H3. The highest BCUT2D eigenvalue weighted by atomic mass is 35.5. The summed E-state index contributed by atoms with van der Waals surface area (Å²) in [5.74, 6) is 1.39. The summed E-state index contributed by atoms with van der Waals surface area (Å²) in [5, 5.41) is 3.91. The van der Waals surface area contributed by atoms with E-state index in [1.54, 1.807) is 14.2 Å². The van der Waals surface area contributed by atoms with Crippen molar-refractivity contribution in [3.05, 3.63) is 22.7 Å². The van der Waals surface area contributed by atoms with Crippen LogP contribution in [0.3, 0.4) is 0 Å². The molecule has 0 atom stereocenters. The van der Waals surface area contributed by atoms with Crippen LogP contribution in [0.15, 0.2) is 12.1 Å². The molecular weight excluding hydrogens is 264 g/mol. The van der Waals surface area contributed by atoms with E-state index < -0.39 is 0 Å². The zero-order valence-electron chi connectivity index (χ0n) is 11.5. The summed E-state index contributed by atoms with van der Waals surface area (Å²) in [6, 6.07) is 3.93. The van der Waals surface area contributed by atoms with Crippen molar-refractivity contribution in [3.63, 3.8) is 0 Å². The molecule has 0 spiro atoms. The zero-order chi connectivity index (χ0) is 13.7. The Balaban J connectivity index is 2.04. The van der Waals surface area contributed by atoms with Crippen LogP contribution < -0.4 is 14.8 Å². The van der Waals surface area contributed by atoms with Gasteiger partial charge in [0.2, 0.25) is 0 Å². The third-order valence-electron chi connectivity index (χ3n) is 3.47. The predicted octanol–water partition coefficient (Wildman–Crippen LogP) is 1.80. The molecule has 1 fully saturated rings.